The number of nitrogens with one attached hydrogen (secondary N) is 1. The molecule has 0 unspecified atom stereocenters. The van der Waals surface area contributed by atoms with Crippen LogP contribution in [-0.2, 0) is 20.3 Å². The van der Waals surface area contributed by atoms with Crippen molar-refractivity contribution >= 4 is 51.7 Å². The summed E-state index contributed by atoms with van der Waals surface area (Å²) in [5.74, 6) is -1.25. The van der Waals surface area contributed by atoms with Crippen molar-refractivity contribution in [2.24, 2.45) is 0 Å². The van der Waals surface area contributed by atoms with E-state index in [9.17, 15) is 13.8 Å². The van der Waals surface area contributed by atoms with Gasteiger partial charge in [0, 0.05) is 12.5 Å². The minimum absolute atomic E-state index is 0.106. The molecule has 0 saturated heterocycles. The summed E-state index contributed by atoms with van der Waals surface area (Å²) < 4.78 is 16.8. The van der Waals surface area contributed by atoms with E-state index in [1.54, 1.807) is 18.2 Å². The van der Waals surface area contributed by atoms with Gasteiger partial charge in [-0.1, -0.05) is 35.3 Å². The Morgan fingerprint density at radius 3 is 2.60 bits per heavy atom. The SMILES string of the molecule is C[C@@H](OC(=O)c1ccccc1[S@](C)=O)C(=O)Nc1ncc(Cl)cc1Cl. The highest BCUT2D eigenvalue weighted by atomic mass is 35.5. The van der Waals surface area contributed by atoms with Crippen LogP contribution in [0.15, 0.2) is 41.4 Å². The van der Waals surface area contributed by atoms with Crippen molar-refractivity contribution in [1.29, 1.82) is 0 Å². The van der Waals surface area contributed by atoms with Crippen LogP contribution in [0.3, 0.4) is 0 Å². The second-order valence-electron chi connectivity index (χ2n) is 4.97. The van der Waals surface area contributed by atoms with Crippen LogP contribution in [0.25, 0.3) is 0 Å². The molecule has 9 heteroatoms. The highest BCUT2D eigenvalue weighted by Gasteiger charge is 2.22. The number of carbonyl (C=O) groups excluding carboxylic acids is 2. The van der Waals surface area contributed by atoms with Gasteiger partial charge in [0.15, 0.2) is 11.9 Å². The summed E-state index contributed by atoms with van der Waals surface area (Å²) in [6.45, 7) is 1.41. The third-order valence-electron chi connectivity index (χ3n) is 3.12. The van der Waals surface area contributed by atoms with E-state index in [0.717, 1.165) is 0 Å². The zero-order valence-electron chi connectivity index (χ0n) is 13.3. The van der Waals surface area contributed by atoms with Gasteiger partial charge in [-0.05, 0) is 25.1 Å². The molecule has 6 nitrogen and oxygen atoms in total. The van der Waals surface area contributed by atoms with E-state index in [1.807, 2.05) is 0 Å². The maximum Gasteiger partial charge on any atom is 0.340 e. The van der Waals surface area contributed by atoms with E-state index in [1.165, 1.54) is 31.5 Å². The van der Waals surface area contributed by atoms with Gasteiger partial charge >= 0.3 is 5.97 Å². The third kappa shape index (κ3) is 5.01. The van der Waals surface area contributed by atoms with Gasteiger partial charge < -0.3 is 10.1 Å². The fraction of sp³-hybridized carbons (Fsp3) is 0.188. The first kappa shape index (κ1) is 19.4. The highest BCUT2D eigenvalue weighted by molar-refractivity contribution is 7.84. The van der Waals surface area contributed by atoms with E-state index < -0.39 is 28.8 Å². The number of carbonyl (C=O) groups is 2. The number of ether oxygens (including phenoxy) is 1. The summed E-state index contributed by atoms with van der Waals surface area (Å²) in [7, 11) is -1.36. The molecule has 0 saturated carbocycles. The van der Waals surface area contributed by atoms with Crippen molar-refractivity contribution < 1.29 is 18.5 Å². The van der Waals surface area contributed by atoms with Gasteiger partial charge in [-0.3, -0.25) is 9.00 Å². The quantitative estimate of drug-likeness (QED) is 0.777. The maximum absolute atomic E-state index is 12.3. The van der Waals surface area contributed by atoms with Crippen molar-refractivity contribution in [3.63, 3.8) is 0 Å². The van der Waals surface area contributed by atoms with E-state index in [2.05, 4.69) is 10.3 Å². The number of esters is 1. The molecule has 0 aliphatic rings. The van der Waals surface area contributed by atoms with Gasteiger partial charge in [0.25, 0.3) is 5.91 Å². The number of rotatable bonds is 5. The summed E-state index contributed by atoms with van der Waals surface area (Å²) in [5, 5.41) is 2.94. The molecule has 0 aliphatic heterocycles. The number of hydrogen-bond acceptors (Lipinski definition) is 5. The molecule has 132 valence electrons. The Balaban J connectivity index is 2.08. The number of hydrogen-bond donors (Lipinski definition) is 1. The minimum atomic E-state index is -1.36. The van der Waals surface area contributed by atoms with Crippen LogP contribution in [0, 0.1) is 0 Å². The first-order valence-electron chi connectivity index (χ1n) is 7.05. The lowest BCUT2D eigenvalue weighted by Crippen LogP contribution is -2.30. The molecule has 1 aromatic carbocycles. The molecular formula is C16H14Cl2N2O4S. The molecule has 0 fully saturated rings. The van der Waals surface area contributed by atoms with Gasteiger partial charge in [0.2, 0.25) is 0 Å². The molecular weight excluding hydrogens is 387 g/mol. The summed E-state index contributed by atoms with van der Waals surface area (Å²) in [5.41, 5.74) is 0.144. The van der Waals surface area contributed by atoms with E-state index >= 15 is 0 Å². The molecule has 0 bridgehead atoms. The van der Waals surface area contributed by atoms with Crippen molar-refractivity contribution in [3.8, 4) is 0 Å². The first-order valence-corrected chi connectivity index (χ1v) is 9.36. The lowest BCUT2D eigenvalue weighted by Gasteiger charge is -2.14. The highest BCUT2D eigenvalue weighted by Crippen LogP contribution is 2.23. The van der Waals surface area contributed by atoms with Crippen LogP contribution in [-0.4, -0.2) is 33.4 Å². The number of anilines is 1. The molecule has 1 amide bonds. The average molecular weight is 401 g/mol. The lowest BCUT2D eigenvalue weighted by molar-refractivity contribution is -0.123. The smallest absolute Gasteiger partial charge is 0.340 e. The van der Waals surface area contributed by atoms with Crippen LogP contribution in [0.1, 0.15) is 17.3 Å². The van der Waals surface area contributed by atoms with E-state index in [0.29, 0.717) is 9.92 Å². The number of amides is 1. The minimum Gasteiger partial charge on any atom is -0.449 e. The Hall–Kier alpha value is -1.96. The second-order valence-corrected chi connectivity index (χ2v) is 7.16. The molecule has 2 atom stereocenters. The lowest BCUT2D eigenvalue weighted by atomic mass is 10.2. The molecule has 25 heavy (non-hydrogen) atoms. The Kier molecular flexibility index (Phi) is 6.52. The molecule has 0 radical (unpaired) electrons. The average Bonchev–Trinajstić information content (AvgIpc) is 2.57. The number of benzene rings is 1. The summed E-state index contributed by atoms with van der Waals surface area (Å²) in [4.78, 5) is 28.6. The predicted octanol–water partition coefficient (Wildman–Crippen LogP) is 3.31. The Bertz CT molecular complexity index is 845. The standard InChI is InChI=1S/C16H14Cl2N2O4S/c1-9(15(21)20-14-12(18)7-10(17)8-19-14)24-16(22)11-5-3-4-6-13(11)25(2)23/h3-9H,1-2H3,(H,19,20,21)/t9-,25+/m1/s1. The molecule has 2 rings (SSSR count). The first-order chi connectivity index (χ1) is 11.8. The van der Waals surface area contributed by atoms with Gasteiger partial charge in [-0.2, -0.15) is 0 Å². The largest absolute Gasteiger partial charge is 0.449 e. The maximum atomic E-state index is 12.3. The van der Waals surface area contributed by atoms with Crippen molar-refractivity contribution in [2.45, 2.75) is 17.9 Å². The Labute approximate surface area is 157 Å². The molecule has 0 aliphatic carbocycles. The van der Waals surface area contributed by atoms with Crippen LogP contribution in [0.2, 0.25) is 10.0 Å². The van der Waals surface area contributed by atoms with Crippen molar-refractivity contribution in [2.75, 3.05) is 11.6 Å². The molecule has 1 aromatic heterocycles. The molecule has 1 N–H and O–H groups in total. The molecule has 0 spiro atoms. The number of nitrogens with zero attached hydrogens (tertiary/aromatic N) is 1. The number of pyridine rings is 1. The zero-order valence-corrected chi connectivity index (χ0v) is 15.6. The molecule has 2 aromatic rings. The summed E-state index contributed by atoms with van der Waals surface area (Å²) >= 11 is 11.7. The van der Waals surface area contributed by atoms with Crippen molar-refractivity contribution in [3.05, 3.63) is 52.1 Å². The summed E-state index contributed by atoms with van der Waals surface area (Å²) in [6, 6.07) is 7.76. The van der Waals surface area contributed by atoms with Crippen LogP contribution in [0.4, 0.5) is 5.82 Å². The van der Waals surface area contributed by atoms with Gasteiger partial charge in [-0.25, -0.2) is 9.78 Å². The molecule has 1 heterocycles. The van der Waals surface area contributed by atoms with Gasteiger partial charge in [-0.15, -0.1) is 0 Å². The van der Waals surface area contributed by atoms with E-state index in [4.69, 9.17) is 27.9 Å². The topological polar surface area (TPSA) is 85.4 Å². The Morgan fingerprint density at radius 1 is 1.28 bits per heavy atom. The van der Waals surface area contributed by atoms with Crippen LogP contribution < -0.4 is 5.32 Å². The van der Waals surface area contributed by atoms with Crippen molar-refractivity contribution in [1.82, 2.24) is 4.98 Å². The monoisotopic (exact) mass is 400 g/mol. The summed E-state index contributed by atoms with van der Waals surface area (Å²) in [6.07, 6.45) is 1.67. The second kappa shape index (κ2) is 8.42. The van der Waals surface area contributed by atoms with Crippen LogP contribution >= 0.6 is 23.2 Å². The zero-order chi connectivity index (χ0) is 18.6. The number of aromatic nitrogens is 1. The number of halogens is 2. The fourth-order valence-electron chi connectivity index (χ4n) is 1.89. The van der Waals surface area contributed by atoms with Crippen LogP contribution in [0.5, 0.6) is 0 Å². The predicted molar refractivity (Wildman–Crippen MR) is 96.5 cm³/mol. The van der Waals surface area contributed by atoms with Gasteiger partial charge in [0.05, 0.1) is 31.3 Å². The van der Waals surface area contributed by atoms with E-state index in [-0.39, 0.29) is 16.4 Å². The fourth-order valence-corrected chi connectivity index (χ4v) is 3.05. The normalized spacial score (nSPS) is 13.0. The Morgan fingerprint density at radius 2 is 1.96 bits per heavy atom. The third-order valence-corrected chi connectivity index (χ3v) is 4.59. The van der Waals surface area contributed by atoms with Gasteiger partial charge in [0.1, 0.15) is 0 Å².